The van der Waals surface area contributed by atoms with Gasteiger partial charge in [-0.1, -0.05) is 89.8 Å². The van der Waals surface area contributed by atoms with E-state index in [0.717, 1.165) is 61.7 Å². The lowest BCUT2D eigenvalue weighted by Crippen LogP contribution is -2.29. The molecule has 0 aliphatic carbocycles. The van der Waals surface area contributed by atoms with E-state index in [1.807, 2.05) is 36.4 Å². The summed E-state index contributed by atoms with van der Waals surface area (Å²) < 4.78 is 36.1. The van der Waals surface area contributed by atoms with Gasteiger partial charge in [-0.25, -0.2) is 8.42 Å². The second kappa shape index (κ2) is 10.3. The molecule has 0 N–H and O–H groups in total. The summed E-state index contributed by atoms with van der Waals surface area (Å²) in [5, 5.41) is 2.41. The fourth-order valence-corrected chi connectivity index (χ4v) is 10.7. The van der Waals surface area contributed by atoms with Gasteiger partial charge in [-0.05, 0) is 76.9 Å². The zero-order valence-corrected chi connectivity index (χ0v) is 28.4. The van der Waals surface area contributed by atoms with Crippen LogP contribution in [-0.4, -0.2) is 21.5 Å². The molecule has 4 heterocycles. The first-order chi connectivity index (χ1) is 25.0. The summed E-state index contributed by atoms with van der Waals surface area (Å²) in [4.78, 5) is 16.1. The van der Waals surface area contributed by atoms with Crippen molar-refractivity contribution in [1.29, 1.82) is 0 Å². The van der Waals surface area contributed by atoms with E-state index >= 15 is 0 Å². The highest BCUT2D eigenvalue weighted by atomic mass is 32.2. The zero-order valence-electron chi connectivity index (χ0n) is 26.8. The number of thiophene rings is 1. The average Bonchev–Trinajstić information content (AvgIpc) is 3.73. The maximum Gasteiger partial charge on any atom is 0.208 e. The van der Waals surface area contributed by atoms with E-state index in [1.54, 1.807) is 41.7 Å². The minimum Gasteiger partial charge on any atom is -0.453 e. The molecule has 0 amide bonds. The molecule has 1 aromatic heterocycles. The van der Waals surface area contributed by atoms with E-state index in [1.165, 1.54) is 26.2 Å². The molecule has 8 heteroatoms. The third kappa shape index (κ3) is 3.97. The van der Waals surface area contributed by atoms with Crippen molar-refractivity contribution in [2.75, 3.05) is 4.90 Å². The smallest absolute Gasteiger partial charge is 0.208 e. The molecule has 0 fully saturated rings. The van der Waals surface area contributed by atoms with Gasteiger partial charge in [0.15, 0.2) is 24.6 Å². The molecule has 1 radical (unpaired) electrons. The van der Waals surface area contributed by atoms with Crippen LogP contribution >= 0.6 is 11.3 Å². The quantitative estimate of drug-likeness (QED) is 0.169. The van der Waals surface area contributed by atoms with Crippen LogP contribution in [0, 0.1) is 0 Å². The van der Waals surface area contributed by atoms with Gasteiger partial charge in [-0.15, -0.1) is 11.3 Å². The van der Waals surface area contributed by atoms with E-state index in [9.17, 15) is 13.2 Å². The molecule has 0 unspecified atom stereocenters. The molecular formula is C43H23BNO4S2. The third-order valence-corrected chi connectivity index (χ3v) is 13.3. The second-order valence-electron chi connectivity index (χ2n) is 13.0. The Morgan fingerprint density at radius 3 is 2.16 bits per heavy atom. The van der Waals surface area contributed by atoms with Crippen molar-refractivity contribution in [1.82, 2.24) is 0 Å². The van der Waals surface area contributed by atoms with Gasteiger partial charge in [0.2, 0.25) is 9.84 Å². The summed E-state index contributed by atoms with van der Waals surface area (Å²) in [6.45, 7) is 0. The van der Waals surface area contributed by atoms with E-state index in [0.29, 0.717) is 0 Å². The van der Waals surface area contributed by atoms with E-state index in [-0.39, 0.29) is 26.7 Å². The minimum absolute atomic E-state index is 0.0502. The number of ether oxygens (including phenoxy) is 1. The Hall–Kier alpha value is -5.96. The first-order valence-electron chi connectivity index (χ1n) is 16.6. The highest BCUT2D eigenvalue weighted by Crippen LogP contribution is 2.53. The monoisotopic (exact) mass is 692 g/mol. The predicted octanol–water partition coefficient (Wildman–Crippen LogP) is 9.31. The molecular weight excluding hydrogens is 669 g/mol. The van der Waals surface area contributed by atoms with Crippen LogP contribution in [0.4, 0.5) is 17.1 Å². The minimum atomic E-state index is -3.82. The Morgan fingerprint density at radius 2 is 1.24 bits per heavy atom. The number of nitrogens with zero attached hydrogens (tertiary/aromatic N) is 1. The molecule has 11 rings (SSSR count). The molecule has 239 valence electrons. The summed E-state index contributed by atoms with van der Waals surface area (Å²) >= 11 is 1.77. The molecule has 0 saturated carbocycles. The molecule has 3 aliphatic heterocycles. The number of rotatable bonds is 2. The number of sulfone groups is 1. The molecule has 3 aliphatic rings. The van der Waals surface area contributed by atoms with Gasteiger partial charge in [0.05, 0.1) is 21.2 Å². The van der Waals surface area contributed by atoms with Crippen molar-refractivity contribution < 1.29 is 17.9 Å². The average molecular weight is 693 g/mol. The predicted molar refractivity (Wildman–Crippen MR) is 205 cm³/mol. The van der Waals surface area contributed by atoms with Gasteiger partial charge >= 0.3 is 0 Å². The van der Waals surface area contributed by atoms with E-state index in [4.69, 9.17) is 4.74 Å². The maximum absolute atomic E-state index is 13.7. The standard InChI is InChI=1S/C43H23BNO4S2/c46-43-29-10-2-6-18-39(29)51(47,48)40-20-19-24(21-31(40)43)25-11-7-12-27-28-13-8-15-33(42(28)44-41(25)27)45-32-14-3-4-16-35(32)49-36-23-38-30(22-34(36)45)26-9-1-5-17-37(26)50-38/h1-23H. The molecule has 8 aromatic rings. The van der Waals surface area contributed by atoms with Crippen LogP contribution in [0.5, 0.6) is 11.5 Å². The Bertz CT molecular complexity index is 2980. The van der Waals surface area contributed by atoms with Crippen molar-refractivity contribution in [3.05, 3.63) is 151 Å². The molecule has 5 nitrogen and oxygen atoms in total. The Balaban J connectivity index is 1.07. The highest BCUT2D eigenvalue weighted by Gasteiger charge is 2.36. The first kappa shape index (κ1) is 28.8. The van der Waals surface area contributed by atoms with Crippen LogP contribution in [0.3, 0.4) is 0 Å². The molecule has 0 bridgehead atoms. The van der Waals surface area contributed by atoms with Gasteiger partial charge in [0, 0.05) is 43.1 Å². The van der Waals surface area contributed by atoms with Crippen LogP contribution in [0.2, 0.25) is 0 Å². The Kier molecular flexibility index (Phi) is 5.82. The molecule has 0 atom stereocenters. The van der Waals surface area contributed by atoms with Crippen LogP contribution in [0.15, 0.2) is 149 Å². The van der Waals surface area contributed by atoms with Crippen LogP contribution in [-0.2, 0) is 9.84 Å². The van der Waals surface area contributed by atoms with Crippen molar-refractivity contribution in [3.8, 4) is 33.8 Å². The van der Waals surface area contributed by atoms with E-state index in [2.05, 4.69) is 78.9 Å². The largest absolute Gasteiger partial charge is 0.453 e. The number of carbonyl (C=O) groups excluding carboxylic acids is 1. The molecule has 51 heavy (non-hydrogen) atoms. The SMILES string of the molecule is O=C1c2ccccc2S(=O)(=O)c2ccc(-c3cccc4c3[B]c3c-4cccc3N3c4ccccc4Oc4cc5sc6ccccc6c5cc43)cc21. The van der Waals surface area contributed by atoms with Gasteiger partial charge in [0.1, 0.15) is 0 Å². The fraction of sp³-hybridized carbons (Fsp3) is 0. The van der Waals surface area contributed by atoms with Crippen LogP contribution in [0.25, 0.3) is 42.4 Å². The number of hydrogen-bond donors (Lipinski definition) is 0. The summed E-state index contributed by atoms with van der Waals surface area (Å²) in [5.41, 5.74) is 9.34. The highest BCUT2D eigenvalue weighted by molar-refractivity contribution is 7.91. The van der Waals surface area contributed by atoms with Crippen molar-refractivity contribution in [2.45, 2.75) is 9.79 Å². The Morgan fingerprint density at radius 1 is 0.529 bits per heavy atom. The summed E-state index contributed by atoms with van der Waals surface area (Å²) in [6, 6.07) is 45.2. The lowest BCUT2D eigenvalue weighted by Gasteiger charge is -2.34. The number of fused-ring (bicyclic) bond motifs is 10. The third-order valence-electron chi connectivity index (χ3n) is 10.3. The van der Waals surface area contributed by atoms with Crippen LogP contribution < -0.4 is 20.6 Å². The Labute approximate surface area is 298 Å². The van der Waals surface area contributed by atoms with Crippen molar-refractivity contribution >= 4 is 82.4 Å². The summed E-state index contributed by atoms with van der Waals surface area (Å²) in [5.74, 6) is 1.31. The van der Waals surface area contributed by atoms with Gasteiger partial charge in [0.25, 0.3) is 0 Å². The van der Waals surface area contributed by atoms with Gasteiger partial charge < -0.3 is 9.64 Å². The second-order valence-corrected chi connectivity index (χ2v) is 16.0. The van der Waals surface area contributed by atoms with Gasteiger partial charge in [-0.2, -0.15) is 0 Å². The van der Waals surface area contributed by atoms with E-state index < -0.39 is 9.84 Å². The van der Waals surface area contributed by atoms with Gasteiger partial charge in [-0.3, -0.25) is 4.79 Å². The summed E-state index contributed by atoms with van der Waals surface area (Å²) in [7, 11) is -1.60. The number of ketones is 1. The molecule has 7 aromatic carbocycles. The lowest BCUT2D eigenvalue weighted by atomic mass is 9.64. The summed E-state index contributed by atoms with van der Waals surface area (Å²) in [6.07, 6.45) is 0. The number of hydrogen-bond acceptors (Lipinski definition) is 6. The normalized spacial score (nSPS) is 14.5. The fourth-order valence-electron chi connectivity index (χ4n) is 7.98. The van der Waals surface area contributed by atoms with Crippen molar-refractivity contribution in [2.24, 2.45) is 0 Å². The number of benzene rings is 7. The first-order valence-corrected chi connectivity index (χ1v) is 18.9. The number of para-hydroxylation sites is 2. The van der Waals surface area contributed by atoms with Crippen molar-refractivity contribution in [3.63, 3.8) is 0 Å². The number of anilines is 3. The molecule has 0 spiro atoms. The zero-order chi connectivity index (χ0) is 34.0. The lowest BCUT2D eigenvalue weighted by molar-refractivity contribution is 0.103. The topological polar surface area (TPSA) is 63.7 Å². The van der Waals surface area contributed by atoms with Crippen LogP contribution in [0.1, 0.15) is 15.9 Å². The number of carbonyl (C=O) groups is 1. The maximum atomic E-state index is 13.7. The molecule has 0 saturated heterocycles.